The Labute approximate surface area is 403 Å². The lowest BCUT2D eigenvalue weighted by Gasteiger charge is -2.32. The van der Waals surface area contributed by atoms with Gasteiger partial charge in [0.25, 0.3) is 17.7 Å². The first-order chi connectivity index (χ1) is 33.5. The minimum absolute atomic E-state index is 0.0572. The van der Waals surface area contributed by atoms with Crippen molar-refractivity contribution in [3.05, 3.63) is 82.2 Å². The number of aromatic nitrogens is 5. The van der Waals surface area contributed by atoms with Crippen LogP contribution in [0.1, 0.15) is 95.3 Å². The minimum Gasteiger partial charge on any atom is -0.491 e. The Morgan fingerprint density at radius 1 is 0.857 bits per heavy atom. The van der Waals surface area contributed by atoms with E-state index in [4.69, 9.17) is 20.2 Å². The highest BCUT2D eigenvalue weighted by atomic mass is 19.4. The van der Waals surface area contributed by atoms with Gasteiger partial charge < -0.3 is 39.9 Å². The molecular weight excluding hydrogens is 908 g/mol. The summed E-state index contributed by atoms with van der Waals surface area (Å²) in [4.78, 5) is 66.0. The highest BCUT2D eigenvalue weighted by Gasteiger charge is 2.41. The number of benzene rings is 2. The second-order valence-corrected chi connectivity index (χ2v) is 18.1. The molecule has 0 saturated carbocycles. The summed E-state index contributed by atoms with van der Waals surface area (Å²) >= 11 is 0. The van der Waals surface area contributed by atoms with Crippen LogP contribution in [0, 0.1) is 25.7 Å². The largest absolute Gasteiger partial charge is 0.491 e. The molecule has 0 radical (unpaired) electrons. The van der Waals surface area contributed by atoms with Crippen LogP contribution in [0.3, 0.4) is 0 Å². The summed E-state index contributed by atoms with van der Waals surface area (Å²) in [5.41, 5.74) is 11.0. The summed E-state index contributed by atoms with van der Waals surface area (Å²) in [5.74, 6) is -1.65. The Morgan fingerprint density at radius 2 is 1.56 bits per heavy atom. The maximum Gasteiger partial charge on any atom is 0.391 e. The van der Waals surface area contributed by atoms with Crippen molar-refractivity contribution in [1.29, 1.82) is 0 Å². The number of aryl methyl sites for hydroxylation is 3. The average Bonchev–Trinajstić information content (AvgIpc) is 3.97. The van der Waals surface area contributed by atoms with Gasteiger partial charge in [0.2, 0.25) is 11.9 Å². The number of amides is 4. The molecule has 372 valence electrons. The predicted octanol–water partition coefficient (Wildman–Crippen LogP) is 7.35. The Bertz CT molecular complexity index is 2920. The van der Waals surface area contributed by atoms with E-state index in [0.717, 1.165) is 12.1 Å². The first-order valence-electron chi connectivity index (χ1n) is 23.9. The molecule has 5 N–H and O–H groups in total. The van der Waals surface area contributed by atoms with E-state index in [1.165, 1.54) is 0 Å². The number of imidazole rings is 1. The minimum atomic E-state index is -4.19. The van der Waals surface area contributed by atoms with Crippen molar-refractivity contribution in [3.8, 4) is 11.5 Å². The summed E-state index contributed by atoms with van der Waals surface area (Å²) in [7, 11) is 0. The molecule has 0 bridgehead atoms. The third kappa shape index (κ3) is 10.6. The van der Waals surface area contributed by atoms with Crippen LogP contribution < -0.4 is 31.2 Å². The van der Waals surface area contributed by atoms with Gasteiger partial charge >= 0.3 is 6.18 Å². The number of carbonyl (C=O) groups is 4. The molecule has 5 aromatic rings. The van der Waals surface area contributed by atoms with Crippen LogP contribution in [0.15, 0.2) is 59.1 Å². The number of carbonyl (C=O) groups excluding carboxylic acids is 4. The Hall–Kier alpha value is -6.96. The fourth-order valence-corrected chi connectivity index (χ4v) is 9.48. The number of dihydropyridines is 1. The van der Waals surface area contributed by atoms with Gasteiger partial charge in [0.15, 0.2) is 0 Å². The normalized spacial score (nSPS) is 17.7. The number of anilines is 2. The van der Waals surface area contributed by atoms with Gasteiger partial charge in [-0.1, -0.05) is 19.1 Å². The number of aliphatic imine (C=N–C) groups is 1. The van der Waals surface area contributed by atoms with Gasteiger partial charge in [0.1, 0.15) is 28.5 Å². The van der Waals surface area contributed by atoms with Crippen molar-refractivity contribution in [1.82, 2.24) is 34.1 Å². The number of primary amides is 1. The van der Waals surface area contributed by atoms with Gasteiger partial charge in [-0.2, -0.15) is 18.3 Å². The van der Waals surface area contributed by atoms with Crippen molar-refractivity contribution in [2.24, 2.45) is 22.6 Å². The Kier molecular flexibility index (Phi) is 14.8. The average molecular weight is 968 g/mol. The van der Waals surface area contributed by atoms with Gasteiger partial charge in [-0.25, -0.2) is 4.98 Å². The number of nitrogens with one attached hydrogen (secondary N) is 3. The first kappa shape index (κ1) is 49.5. The van der Waals surface area contributed by atoms with Crippen molar-refractivity contribution < 1.29 is 41.8 Å². The van der Waals surface area contributed by atoms with E-state index < -0.39 is 29.8 Å². The summed E-state index contributed by atoms with van der Waals surface area (Å²) in [6.07, 6.45) is 3.20. The summed E-state index contributed by atoms with van der Waals surface area (Å²) in [6, 6.07) is 8.26. The molecular formula is C50H60F3N11O6. The number of halogens is 3. The number of likely N-dealkylation sites (tertiary alicyclic amines) is 1. The van der Waals surface area contributed by atoms with Gasteiger partial charge in [0, 0.05) is 72.9 Å². The van der Waals surface area contributed by atoms with Gasteiger partial charge in [-0.15, -0.1) is 0 Å². The molecule has 1 unspecified atom stereocenters. The van der Waals surface area contributed by atoms with Crippen LogP contribution >= 0.6 is 0 Å². The number of rotatable bonds is 12. The standard InChI is InChI=1S/C50H60F3N11O6/c1-6-32-28-56-29(3)22-37(32)47(67)58-45-31(5)36-24-33(44(54)65)26-40-42(36)62(45)16-8-9-17-63-43-38(57-49(63)59-48(68)39-23-30(4)60-64(39)7-2)25-34(27-41(43)70-21-11-20-69-40)46(66)55-14-10-15-61-18-12-35(13-19-61)50(51,52)53/h8-9,22-27,32,35H,6-7,10-21,28H2,1-5H3,(H2,54,65)(H,55,66)(H,58,67)(H,57,59,68)/b9-8+. The monoisotopic (exact) mass is 967 g/mol. The second-order valence-electron chi connectivity index (χ2n) is 18.1. The summed E-state index contributed by atoms with van der Waals surface area (Å²) in [6.45, 7) is 12.7. The molecule has 2 aromatic carbocycles. The first-order valence-corrected chi connectivity index (χ1v) is 23.9. The van der Waals surface area contributed by atoms with Crippen LogP contribution in [0.5, 0.6) is 11.5 Å². The summed E-state index contributed by atoms with van der Waals surface area (Å²) in [5, 5.41) is 14.2. The van der Waals surface area contributed by atoms with Crippen molar-refractivity contribution in [2.75, 3.05) is 56.6 Å². The fourth-order valence-electron chi connectivity index (χ4n) is 9.48. The van der Waals surface area contributed by atoms with Crippen molar-refractivity contribution in [2.45, 2.75) is 92.5 Å². The van der Waals surface area contributed by atoms with Crippen LogP contribution in [0.25, 0.3) is 21.9 Å². The molecule has 17 nitrogen and oxygen atoms in total. The number of allylic oxidation sites excluding steroid dienone is 3. The smallest absolute Gasteiger partial charge is 0.391 e. The molecule has 20 heteroatoms. The number of nitrogens with two attached hydrogens (primary N) is 1. The number of alkyl halides is 3. The van der Waals surface area contributed by atoms with Gasteiger partial charge in [0.05, 0.1) is 35.9 Å². The molecule has 3 aromatic heterocycles. The molecule has 0 aliphatic carbocycles. The van der Waals surface area contributed by atoms with Crippen LogP contribution in [-0.2, 0) is 24.4 Å². The maximum absolute atomic E-state index is 14.2. The lowest BCUT2D eigenvalue weighted by Crippen LogP contribution is -2.40. The van der Waals surface area contributed by atoms with Gasteiger partial charge in [-0.3, -0.25) is 34.2 Å². The molecule has 3 aliphatic rings. The maximum atomic E-state index is 14.2. The molecule has 1 atom stereocenters. The Balaban J connectivity index is 1.13. The number of nitrogens with zero attached hydrogens (tertiary/aromatic N) is 7. The quantitative estimate of drug-likeness (QED) is 0.0728. The highest BCUT2D eigenvalue weighted by molar-refractivity contribution is 6.12. The topological polar surface area (TPSA) is 205 Å². The second kappa shape index (κ2) is 21.0. The molecule has 6 heterocycles. The summed E-state index contributed by atoms with van der Waals surface area (Å²) < 4.78 is 57.9. The number of ether oxygens (including phenoxy) is 2. The molecule has 8 rings (SSSR count). The third-order valence-corrected chi connectivity index (χ3v) is 13.3. The van der Waals surface area contributed by atoms with E-state index >= 15 is 0 Å². The predicted molar refractivity (Wildman–Crippen MR) is 261 cm³/mol. The third-order valence-electron chi connectivity index (χ3n) is 13.3. The number of hydrogen-bond donors (Lipinski definition) is 4. The Morgan fingerprint density at radius 3 is 2.24 bits per heavy atom. The van der Waals surface area contributed by atoms with Crippen LogP contribution in [-0.4, -0.2) is 110 Å². The van der Waals surface area contributed by atoms with E-state index in [1.807, 2.05) is 55.4 Å². The lowest BCUT2D eigenvalue weighted by atomic mass is 9.92. The van der Waals surface area contributed by atoms with Gasteiger partial charge in [-0.05, 0) is 115 Å². The van der Waals surface area contributed by atoms with E-state index in [2.05, 4.69) is 26.0 Å². The molecule has 0 spiro atoms. The van der Waals surface area contributed by atoms with E-state index in [0.29, 0.717) is 107 Å². The zero-order chi connectivity index (χ0) is 49.9. The zero-order valence-electron chi connectivity index (χ0n) is 40.2. The SMILES string of the molecule is CCC1CN=C(C)C=C1C(=O)Nc1c(C)c2cc(C(N)=O)cc3c2n1C/C=C/Cn1c(NC(=O)c2cc(C)nn2CC)nc2cc(C(=O)NCCCN4CCC(C(F)(F)F)CC4)cc(c21)OCCCO3. The number of piperidine rings is 1. The van der Waals surface area contributed by atoms with E-state index in [9.17, 15) is 32.3 Å². The lowest BCUT2D eigenvalue weighted by molar-refractivity contribution is -0.185. The molecule has 1 saturated heterocycles. The molecule has 3 aliphatic heterocycles. The number of hydrogen-bond acceptors (Lipinski definition) is 10. The zero-order valence-corrected chi connectivity index (χ0v) is 40.2. The fraction of sp³-hybridized carbons (Fsp3) is 0.460. The van der Waals surface area contributed by atoms with Crippen molar-refractivity contribution >= 4 is 63.0 Å². The van der Waals surface area contributed by atoms with Crippen LogP contribution in [0.4, 0.5) is 24.9 Å². The van der Waals surface area contributed by atoms with E-state index in [-0.39, 0.29) is 74.6 Å². The van der Waals surface area contributed by atoms with E-state index in [1.54, 1.807) is 46.5 Å². The highest BCUT2D eigenvalue weighted by Crippen LogP contribution is 2.39. The van der Waals surface area contributed by atoms with Crippen LogP contribution in [0.2, 0.25) is 0 Å². The molecule has 1 fully saturated rings. The van der Waals surface area contributed by atoms with Crippen molar-refractivity contribution in [3.63, 3.8) is 0 Å². The molecule has 4 amide bonds. The molecule has 70 heavy (non-hydrogen) atoms.